The maximum atomic E-state index is 11.9. The number of aliphatic hydroxyl groups is 1. The Labute approximate surface area is 120 Å². The first-order valence-corrected chi connectivity index (χ1v) is 7.55. The highest BCUT2D eigenvalue weighted by Crippen LogP contribution is 2.37. The predicted octanol–water partition coefficient (Wildman–Crippen LogP) is 1.57. The molecule has 5 nitrogen and oxygen atoms in total. The Morgan fingerprint density at radius 1 is 1.60 bits per heavy atom. The third-order valence-corrected chi connectivity index (χ3v) is 4.54. The van der Waals surface area contributed by atoms with Gasteiger partial charge in [0.25, 0.3) is 0 Å². The minimum absolute atomic E-state index is 0.0785. The lowest BCUT2D eigenvalue weighted by Gasteiger charge is -2.30. The fourth-order valence-corrected chi connectivity index (χ4v) is 3.01. The average molecular weight is 282 g/mol. The molecule has 5 heteroatoms. The zero-order valence-electron chi connectivity index (χ0n) is 12.3. The van der Waals surface area contributed by atoms with Gasteiger partial charge in [-0.3, -0.25) is 0 Å². The van der Waals surface area contributed by atoms with Crippen LogP contribution in [0.5, 0.6) is 0 Å². The number of carbonyl (C=O) groups excluding carboxylic acids is 1. The maximum absolute atomic E-state index is 11.9. The molecule has 1 saturated carbocycles. The van der Waals surface area contributed by atoms with Crippen molar-refractivity contribution in [2.75, 3.05) is 26.4 Å². The van der Waals surface area contributed by atoms with Crippen molar-refractivity contribution in [1.82, 2.24) is 10.6 Å². The van der Waals surface area contributed by atoms with Crippen LogP contribution in [0.25, 0.3) is 0 Å². The standard InChI is InChI=1S/C15H26N2O3/c1-15(11-18)7-2-3-13(15)17-14(19)16-8-4-12-5-9-20-10-6-12/h5,13,18H,2-4,6-11H2,1H3,(H2,16,17,19). The van der Waals surface area contributed by atoms with Crippen molar-refractivity contribution in [3.63, 3.8) is 0 Å². The molecule has 1 fully saturated rings. The second kappa shape index (κ2) is 7.09. The molecule has 1 heterocycles. The minimum Gasteiger partial charge on any atom is -0.396 e. The van der Waals surface area contributed by atoms with Gasteiger partial charge in [0.1, 0.15) is 0 Å². The Hall–Kier alpha value is -1.07. The van der Waals surface area contributed by atoms with E-state index in [4.69, 9.17) is 4.74 Å². The van der Waals surface area contributed by atoms with E-state index < -0.39 is 0 Å². The summed E-state index contributed by atoms with van der Waals surface area (Å²) < 4.78 is 5.25. The second-order valence-electron chi connectivity index (χ2n) is 6.09. The van der Waals surface area contributed by atoms with Crippen LogP contribution in [-0.2, 0) is 4.74 Å². The van der Waals surface area contributed by atoms with Gasteiger partial charge >= 0.3 is 6.03 Å². The first kappa shape index (κ1) is 15.3. The van der Waals surface area contributed by atoms with Gasteiger partial charge < -0.3 is 20.5 Å². The van der Waals surface area contributed by atoms with E-state index >= 15 is 0 Å². The first-order valence-electron chi connectivity index (χ1n) is 7.55. The smallest absolute Gasteiger partial charge is 0.315 e. The lowest BCUT2D eigenvalue weighted by Crippen LogP contribution is -2.48. The number of ether oxygens (including phenoxy) is 1. The molecule has 3 N–H and O–H groups in total. The Morgan fingerprint density at radius 3 is 3.15 bits per heavy atom. The van der Waals surface area contributed by atoms with Gasteiger partial charge in [0.2, 0.25) is 0 Å². The molecule has 0 saturated heterocycles. The molecule has 1 aliphatic carbocycles. The molecule has 1 aliphatic heterocycles. The second-order valence-corrected chi connectivity index (χ2v) is 6.09. The summed E-state index contributed by atoms with van der Waals surface area (Å²) in [6.07, 6.45) is 6.94. The number of nitrogens with one attached hydrogen (secondary N) is 2. The largest absolute Gasteiger partial charge is 0.396 e. The Balaban J connectivity index is 1.69. The average Bonchev–Trinajstić information content (AvgIpc) is 2.82. The van der Waals surface area contributed by atoms with Gasteiger partial charge in [0, 0.05) is 18.0 Å². The van der Waals surface area contributed by atoms with Crippen LogP contribution < -0.4 is 10.6 Å². The predicted molar refractivity (Wildman–Crippen MR) is 77.5 cm³/mol. The third-order valence-electron chi connectivity index (χ3n) is 4.54. The minimum atomic E-state index is -0.166. The number of hydrogen-bond acceptors (Lipinski definition) is 3. The van der Waals surface area contributed by atoms with E-state index in [-0.39, 0.29) is 24.1 Å². The quantitative estimate of drug-likeness (QED) is 0.670. The molecule has 2 unspecified atom stereocenters. The summed E-state index contributed by atoms with van der Waals surface area (Å²) in [5.41, 5.74) is 1.19. The van der Waals surface area contributed by atoms with E-state index in [9.17, 15) is 9.90 Å². The summed E-state index contributed by atoms with van der Waals surface area (Å²) in [6, 6.07) is -0.0426. The molecule has 0 radical (unpaired) electrons. The van der Waals surface area contributed by atoms with Crippen LogP contribution in [-0.4, -0.2) is 43.5 Å². The zero-order chi connectivity index (χ0) is 14.4. The number of amides is 2. The van der Waals surface area contributed by atoms with Crippen LogP contribution >= 0.6 is 0 Å². The van der Waals surface area contributed by atoms with Crippen molar-refractivity contribution in [2.45, 2.75) is 45.1 Å². The molecule has 0 aromatic heterocycles. The van der Waals surface area contributed by atoms with E-state index in [0.717, 1.165) is 38.7 Å². The van der Waals surface area contributed by atoms with E-state index in [2.05, 4.69) is 16.7 Å². The Bertz CT molecular complexity index is 370. The number of carbonyl (C=O) groups is 1. The van der Waals surface area contributed by atoms with Crippen LogP contribution in [0.15, 0.2) is 11.6 Å². The highest BCUT2D eigenvalue weighted by atomic mass is 16.5. The highest BCUT2D eigenvalue weighted by molar-refractivity contribution is 5.74. The number of aliphatic hydroxyl groups excluding tert-OH is 1. The van der Waals surface area contributed by atoms with Crippen molar-refractivity contribution < 1.29 is 14.6 Å². The molecule has 0 spiro atoms. The van der Waals surface area contributed by atoms with Gasteiger partial charge in [-0.15, -0.1) is 0 Å². The van der Waals surface area contributed by atoms with Gasteiger partial charge in [-0.2, -0.15) is 0 Å². The van der Waals surface area contributed by atoms with Crippen molar-refractivity contribution in [3.8, 4) is 0 Å². The molecule has 2 rings (SSSR count). The van der Waals surface area contributed by atoms with Gasteiger partial charge in [-0.1, -0.05) is 25.0 Å². The zero-order valence-corrected chi connectivity index (χ0v) is 12.3. The van der Waals surface area contributed by atoms with Crippen molar-refractivity contribution in [3.05, 3.63) is 11.6 Å². The van der Waals surface area contributed by atoms with Crippen molar-refractivity contribution >= 4 is 6.03 Å². The molecule has 114 valence electrons. The van der Waals surface area contributed by atoms with Gasteiger partial charge in [0.05, 0.1) is 19.8 Å². The summed E-state index contributed by atoms with van der Waals surface area (Å²) in [5.74, 6) is 0. The maximum Gasteiger partial charge on any atom is 0.315 e. The lowest BCUT2D eigenvalue weighted by molar-refractivity contribution is 0.121. The van der Waals surface area contributed by atoms with Crippen LogP contribution in [0.3, 0.4) is 0 Å². The number of urea groups is 1. The van der Waals surface area contributed by atoms with Crippen molar-refractivity contribution in [1.29, 1.82) is 0 Å². The summed E-state index contributed by atoms with van der Waals surface area (Å²) in [7, 11) is 0. The van der Waals surface area contributed by atoms with Crippen LogP contribution in [0.4, 0.5) is 4.79 Å². The molecule has 0 aromatic carbocycles. The monoisotopic (exact) mass is 282 g/mol. The molecule has 2 amide bonds. The fourth-order valence-electron chi connectivity index (χ4n) is 3.01. The van der Waals surface area contributed by atoms with Gasteiger partial charge in [-0.25, -0.2) is 4.79 Å². The molecule has 20 heavy (non-hydrogen) atoms. The fraction of sp³-hybridized carbons (Fsp3) is 0.800. The summed E-state index contributed by atoms with van der Waals surface area (Å²) in [4.78, 5) is 11.9. The summed E-state index contributed by atoms with van der Waals surface area (Å²) in [5, 5.41) is 15.4. The summed E-state index contributed by atoms with van der Waals surface area (Å²) >= 11 is 0. The summed E-state index contributed by atoms with van der Waals surface area (Å²) in [6.45, 7) is 4.30. The molecule has 0 bridgehead atoms. The lowest BCUT2D eigenvalue weighted by atomic mass is 9.86. The first-order chi connectivity index (χ1) is 9.64. The highest BCUT2D eigenvalue weighted by Gasteiger charge is 2.38. The van der Waals surface area contributed by atoms with Crippen LogP contribution in [0.2, 0.25) is 0 Å². The van der Waals surface area contributed by atoms with E-state index in [1.165, 1.54) is 5.57 Å². The molecular weight excluding hydrogens is 256 g/mol. The SMILES string of the molecule is CC1(CO)CCCC1NC(=O)NCCC1=CCOCC1. The molecule has 0 aromatic rings. The number of hydrogen-bond donors (Lipinski definition) is 3. The third kappa shape index (κ3) is 3.96. The Kier molecular flexibility index (Phi) is 5.43. The topological polar surface area (TPSA) is 70.6 Å². The van der Waals surface area contributed by atoms with Crippen molar-refractivity contribution in [2.24, 2.45) is 5.41 Å². The normalized spacial score (nSPS) is 29.9. The van der Waals surface area contributed by atoms with E-state index in [1.54, 1.807) is 0 Å². The van der Waals surface area contributed by atoms with E-state index in [0.29, 0.717) is 13.2 Å². The molecule has 2 atom stereocenters. The molecular formula is C15H26N2O3. The molecule has 2 aliphatic rings. The number of rotatable bonds is 5. The van der Waals surface area contributed by atoms with Gasteiger partial charge in [-0.05, 0) is 25.7 Å². The van der Waals surface area contributed by atoms with Gasteiger partial charge in [0.15, 0.2) is 0 Å². The van der Waals surface area contributed by atoms with Crippen LogP contribution in [0.1, 0.15) is 39.0 Å². The van der Waals surface area contributed by atoms with E-state index in [1.807, 2.05) is 6.92 Å². The Morgan fingerprint density at radius 2 is 2.45 bits per heavy atom. The van der Waals surface area contributed by atoms with Crippen LogP contribution in [0, 0.1) is 5.41 Å².